The molecule has 0 bridgehead atoms. The van der Waals surface area contributed by atoms with Crippen LogP contribution in [0.2, 0.25) is 10.0 Å². The van der Waals surface area contributed by atoms with Crippen LogP contribution in [0.3, 0.4) is 0 Å². The van der Waals surface area contributed by atoms with Gasteiger partial charge in [0.1, 0.15) is 6.17 Å². The maximum atomic E-state index is 13.6. The molecule has 5 heteroatoms. The zero-order valence-electron chi connectivity index (χ0n) is 9.38. The third-order valence-corrected chi connectivity index (χ3v) is 2.79. The molecule has 0 N–H and O–H groups in total. The van der Waals surface area contributed by atoms with Crippen molar-refractivity contribution in [1.82, 2.24) is 0 Å². The summed E-state index contributed by atoms with van der Waals surface area (Å²) in [6, 6.07) is 4.93. The van der Waals surface area contributed by atoms with Gasteiger partial charge in [0.2, 0.25) is 0 Å². The monoisotopic (exact) mass is 278 g/mol. The average Bonchev–Trinajstić information content (AvgIpc) is 2.23. The molecule has 1 rings (SSSR count). The Morgan fingerprint density at radius 3 is 2.82 bits per heavy atom. The number of ether oxygens (including phenoxy) is 1. The second kappa shape index (κ2) is 6.82. The lowest BCUT2D eigenvalue weighted by molar-refractivity contribution is -0.141. The van der Waals surface area contributed by atoms with Crippen LogP contribution in [0.25, 0.3) is 0 Å². The molecule has 1 unspecified atom stereocenters. The van der Waals surface area contributed by atoms with Gasteiger partial charge in [0.15, 0.2) is 0 Å². The number of benzene rings is 1. The maximum Gasteiger partial charge on any atom is 0.302 e. The Bertz CT molecular complexity index is 396. The van der Waals surface area contributed by atoms with E-state index in [0.717, 1.165) is 0 Å². The molecule has 1 aromatic carbocycles. The van der Waals surface area contributed by atoms with Crippen molar-refractivity contribution in [3.05, 3.63) is 33.8 Å². The van der Waals surface area contributed by atoms with Crippen LogP contribution in [-0.4, -0.2) is 18.7 Å². The fourth-order valence-electron chi connectivity index (χ4n) is 1.37. The zero-order chi connectivity index (χ0) is 12.8. The van der Waals surface area contributed by atoms with E-state index in [1.807, 2.05) is 0 Å². The Kier molecular flexibility index (Phi) is 5.72. The van der Waals surface area contributed by atoms with Crippen molar-refractivity contribution in [2.45, 2.75) is 25.9 Å². The number of halogens is 3. The highest BCUT2D eigenvalue weighted by Gasteiger charge is 2.11. The molecule has 94 valence electrons. The molecule has 0 saturated carbocycles. The third kappa shape index (κ3) is 5.37. The second-order valence-corrected chi connectivity index (χ2v) is 4.51. The van der Waals surface area contributed by atoms with Crippen LogP contribution >= 0.6 is 23.2 Å². The van der Waals surface area contributed by atoms with Gasteiger partial charge in [-0.1, -0.05) is 23.2 Å². The van der Waals surface area contributed by atoms with E-state index in [4.69, 9.17) is 23.2 Å². The Labute approximate surface area is 110 Å². The highest BCUT2D eigenvalue weighted by atomic mass is 35.5. The van der Waals surface area contributed by atoms with E-state index < -0.39 is 12.1 Å². The van der Waals surface area contributed by atoms with Gasteiger partial charge in [-0.2, -0.15) is 0 Å². The normalized spacial score (nSPS) is 12.2. The molecule has 17 heavy (non-hydrogen) atoms. The maximum absolute atomic E-state index is 13.6. The lowest BCUT2D eigenvalue weighted by Gasteiger charge is -2.10. The molecule has 0 spiro atoms. The van der Waals surface area contributed by atoms with Gasteiger partial charge in [0.05, 0.1) is 6.61 Å². The molecule has 0 aliphatic heterocycles. The Hall–Kier alpha value is -0.800. The van der Waals surface area contributed by atoms with Crippen LogP contribution in [0.5, 0.6) is 0 Å². The summed E-state index contributed by atoms with van der Waals surface area (Å²) in [5, 5.41) is 1.01. The molecular formula is C12H13Cl2FO2. The summed E-state index contributed by atoms with van der Waals surface area (Å²) in [5.74, 6) is -0.405. The fraction of sp³-hybridized carbons (Fsp3) is 0.417. The molecule has 0 aromatic heterocycles. The van der Waals surface area contributed by atoms with Crippen LogP contribution in [0.1, 0.15) is 18.9 Å². The summed E-state index contributed by atoms with van der Waals surface area (Å²) in [4.78, 5) is 10.5. The first-order valence-corrected chi connectivity index (χ1v) is 5.96. The molecule has 0 aliphatic carbocycles. The second-order valence-electron chi connectivity index (χ2n) is 3.67. The van der Waals surface area contributed by atoms with Crippen molar-refractivity contribution in [1.29, 1.82) is 0 Å². The first-order valence-electron chi connectivity index (χ1n) is 5.20. The Morgan fingerprint density at radius 2 is 2.18 bits per heavy atom. The van der Waals surface area contributed by atoms with E-state index in [0.29, 0.717) is 15.6 Å². The lowest BCUT2D eigenvalue weighted by atomic mass is 10.1. The van der Waals surface area contributed by atoms with Crippen molar-refractivity contribution in [2.75, 3.05) is 6.61 Å². The topological polar surface area (TPSA) is 26.3 Å². The number of rotatable bonds is 5. The van der Waals surface area contributed by atoms with E-state index >= 15 is 0 Å². The van der Waals surface area contributed by atoms with Gasteiger partial charge in [0, 0.05) is 29.8 Å². The van der Waals surface area contributed by atoms with E-state index in [1.54, 1.807) is 18.2 Å². The van der Waals surface area contributed by atoms with Crippen LogP contribution < -0.4 is 0 Å². The molecule has 1 aromatic rings. The number of hydrogen-bond donors (Lipinski definition) is 0. The molecule has 1 atom stereocenters. The molecule has 0 fully saturated rings. The Balaban J connectivity index is 2.47. The van der Waals surface area contributed by atoms with E-state index in [-0.39, 0.29) is 19.4 Å². The predicted molar refractivity (Wildman–Crippen MR) is 66.3 cm³/mol. The van der Waals surface area contributed by atoms with Crippen LogP contribution in [0, 0.1) is 0 Å². The molecule has 2 nitrogen and oxygen atoms in total. The van der Waals surface area contributed by atoms with Gasteiger partial charge in [-0.3, -0.25) is 4.79 Å². The largest absolute Gasteiger partial charge is 0.466 e. The number of esters is 1. The molecule has 0 radical (unpaired) electrons. The van der Waals surface area contributed by atoms with Gasteiger partial charge in [-0.25, -0.2) is 4.39 Å². The highest BCUT2D eigenvalue weighted by Crippen LogP contribution is 2.23. The van der Waals surface area contributed by atoms with Gasteiger partial charge in [-0.05, 0) is 23.8 Å². The van der Waals surface area contributed by atoms with Gasteiger partial charge in [-0.15, -0.1) is 0 Å². The number of alkyl halides is 1. The van der Waals surface area contributed by atoms with Gasteiger partial charge >= 0.3 is 5.97 Å². The van der Waals surface area contributed by atoms with Crippen molar-refractivity contribution >= 4 is 29.2 Å². The minimum absolute atomic E-state index is 0.0781. The summed E-state index contributed by atoms with van der Waals surface area (Å²) in [7, 11) is 0. The number of carbonyl (C=O) groups is 1. The SMILES string of the molecule is CC(=O)OCCC(F)Cc1cc(Cl)ccc1Cl. The summed E-state index contributed by atoms with van der Waals surface area (Å²) in [6.07, 6.45) is -0.784. The smallest absolute Gasteiger partial charge is 0.302 e. The minimum atomic E-state index is -1.11. The predicted octanol–water partition coefficient (Wildman–Crippen LogP) is 3.83. The standard InChI is InChI=1S/C12H13Cl2FO2/c1-8(16)17-5-4-11(15)7-9-6-10(13)2-3-12(9)14/h2-3,6,11H,4-5,7H2,1H3. The number of carbonyl (C=O) groups excluding carboxylic acids is 1. The first kappa shape index (κ1) is 14.3. The summed E-state index contributed by atoms with van der Waals surface area (Å²) in [6.45, 7) is 1.37. The van der Waals surface area contributed by atoms with E-state index in [2.05, 4.69) is 4.74 Å². The average molecular weight is 279 g/mol. The van der Waals surface area contributed by atoms with Crippen LogP contribution in [0.15, 0.2) is 18.2 Å². The fourth-order valence-corrected chi connectivity index (χ4v) is 1.76. The third-order valence-electron chi connectivity index (χ3n) is 2.19. The van der Waals surface area contributed by atoms with Gasteiger partial charge < -0.3 is 4.74 Å². The van der Waals surface area contributed by atoms with Crippen LogP contribution in [-0.2, 0) is 16.0 Å². The van der Waals surface area contributed by atoms with Crippen molar-refractivity contribution < 1.29 is 13.9 Å². The lowest BCUT2D eigenvalue weighted by Crippen LogP contribution is -2.11. The van der Waals surface area contributed by atoms with Crippen molar-refractivity contribution in [2.24, 2.45) is 0 Å². The summed E-state index contributed by atoms with van der Waals surface area (Å²) < 4.78 is 18.2. The molecule has 0 aliphatic rings. The van der Waals surface area contributed by atoms with Crippen molar-refractivity contribution in [3.63, 3.8) is 0 Å². The first-order chi connectivity index (χ1) is 7.99. The molecular weight excluding hydrogens is 266 g/mol. The summed E-state index contributed by atoms with van der Waals surface area (Å²) in [5.41, 5.74) is 0.662. The molecule has 0 heterocycles. The zero-order valence-corrected chi connectivity index (χ0v) is 10.9. The van der Waals surface area contributed by atoms with E-state index in [1.165, 1.54) is 6.92 Å². The van der Waals surface area contributed by atoms with Crippen molar-refractivity contribution in [3.8, 4) is 0 Å². The molecule has 0 amide bonds. The minimum Gasteiger partial charge on any atom is -0.466 e. The number of hydrogen-bond acceptors (Lipinski definition) is 2. The molecule has 0 saturated heterocycles. The van der Waals surface area contributed by atoms with Gasteiger partial charge in [0.25, 0.3) is 0 Å². The highest BCUT2D eigenvalue weighted by molar-refractivity contribution is 6.33. The Morgan fingerprint density at radius 1 is 1.47 bits per heavy atom. The summed E-state index contributed by atoms with van der Waals surface area (Å²) >= 11 is 11.7. The quantitative estimate of drug-likeness (QED) is 0.766. The van der Waals surface area contributed by atoms with Crippen LogP contribution in [0.4, 0.5) is 4.39 Å². The van der Waals surface area contributed by atoms with E-state index in [9.17, 15) is 9.18 Å².